The molecule has 0 spiro atoms. The number of nitro benzene ring substituents is 1. The normalized spacial score (nSPS) is 18.7. The van der Waals surface area contributed by atoms with Crippen LogP contribution in [0.3, 0.4) is 0 Å². The number of ether oxygens (including phenoxy) is 1. The number of nitro groups is 1. The zero-order valence-corrected chi connectivity index (χ0v) is 11.1. The fraction of sp³-hybridized carbons (Fsp3) is 0.417. The smallest absolute Gasteiger partial charge is 0.296 e. The average molecular weight is 285 g/mol. The third-order valence-corrected chi connectivity index (χ3v) is 3.53. The van der Waals surface area contributed by atoms with Gasteiger partial charge in [-0.15, -0.1) is 11.6 Å². The fourth-order valence-corrected chi connectivity index (χ4v) is 2.33. The van der Waals surface area contributed by atoms with Gasteiger partial charge in [-0.05, 0) is 18.1 Å². The van der Waals surface area contributed by atoms with Gasteiger partial charge in [0.25, 0.3) is 5.69 Å². The molecule has 0 bridgehead atoms. The highest BCUT2D eigenvalue weighted by Crippen LogP contribution is 2.35. The lowest BCUT2D eigenvalue weighted by atomic mass is 10.1. The lowest BCUT2D eigenvalue weighted by Crippen LogP contribution is -2.25. The van der Waals surface area contributed by atoms with E-state index in [1.165, 1.54) is 24.1 Å². The van der Waals surface area contributed by atoms with Gasteiger partial charge in [0.15, 0.2) is 0 Å². The van der Waals surface area contributed by atoms with Crippen LogP contribution in [-0.2, 0) is 4.79 Å². The van der Waals surface area contributed by atoms with Crippen molar-refractivity contribution < 1.29 is 14.5 Å². The number of methoxy groups -OCH3 is 1. The van der Waals surface area contributed by atoms with Crippen molar-refractivity contribution in [3.8, 4) is 5.75 Å². The number of anilines is 1. The molecule has 1 aromatic rings. The molecular formula is C12H13ClN2O4. The minimum Gasteiger partial charge on any atom is -0.496 e. The second-order valence-electron chi connectivity index (χ2n) is 4.34. The molecule has 6 nitrogen and oxygen atoms in total. The summed E-state index contributed by atoms with van der Waals surface area (Å²) in [7, 11) is 1.43. The monoisotopic (exact) mass is 284 g/mol. The van der Waals surface area contributed by atoms with Crippen molar-refractivity contribution in [2.24, 2.45) is 5.92 Å². The third-order valence-electron chi connectivity index (χ3n) is 3.09. The third kappa shape index (κ3) is 2.63. The van der Waals surface area contributed by atoms with Crippen molar-refractivity contribution >= 4 is 28.9 Å². The molecule has 0 radical (unpaired) electrons. The second-order valence-corrected chi connectivity index (χ2v) is 4.65. The van der Waals surface area contributed by atoms with E-state index in [4.69, 9.17) is 16.3 Å². The number of rotatable bonds is 4. The van der Waals surface area contributed by atoms with Crippen molar-refractivity contribution in [1.82, 2.24) is 0 Å². The van der Waals surface area contributed by atoms with E-state index in [0.717, 1.165) is 0 Å². The molecule has 1 heterocycles. The van der Waals surface area contributed by atoms with E-state index < -0.39 is 4.92 Å². The van der Waals surface area contributed by atoms with E-state index in [1.54, 1.807) is 6.07 Å². The van der Waals surface area contributed by atoms with Crippen molar-refractivity contribution in [3.63, 3.8) is 0 Å². The van der Waals surface area contributed by atoms with Crippen LogP contribution in [0.5, 0.6) is 5.75 Å². The van der Waals surface area contributed by atoms with Crippen molar-refractivity contribution in [2.45, 2.75) is 6.42 Å². The minimum atomic E-state index is -0.515. The average Bonchev–Trinajstić information content (AvgIpc) is 2.79. The Balaban J connectivity index is 2.39. The zero-order chi connectivity index (χ0) is 14.0. The van der Waals surface area contributed by atoms with Gasteiger partial charge in [-0.25, -0.2) is 0 Å². The van der Waals surface area contributed by atoms with Gasteiger partial charge in [-0.3, -0.25) is 14.9 Å². The molecule has 1 saturated heterocycles. The van der Waals surface area contributed by atoms with Crippen LogP contribution in [0.4, 0.5) is 11.4 Å². The number of carbonyl (C=O) groups excluding carboxylic acids is 1. The zero-order valence-electron chi connectivity index (χ0n) is 10.3. The summed E-state index contributed by atoms with van der Waals surface area (Å²) < 4.78 is 4.96. The number of carbonyl (C=O) groups is 1. The van der Waals surface area contributed by atoms with Crippen LogP contribution in [0.25, 0.3) is 0 Å². The maximum atomic E-state index is 11.9. The molecule has 0 N–H and O–H groups in total. The summed E-state index contributed by atoms with van der Waals surface area (Å²) in [5.41, 5.74) is 0.159. The minimum absolute atomic E-state index is 0.0378. The van der Waals surface area contributed by atoms with Crippen LogP contribution < -0.4 is 9.64 Å². The van der Waals surface area contributed by atoms with Crippen LogP contribution in [-0.4, -0.2) is 30.4 Å². The number of nitrogens with zero attached hydrogens (tertiary/aromatic N) is 2. The van der Waals surface area contributed by atoms with Crippen LogP contribution in [0, 0.1) is 16.0 Å². The summed E-state index contributed by atoms with van der Waals surface area (Å²) in [6.45, 7) is 0.412. The van der Waals surface area contributed by atoms with Crippen LogP contribution in [0.15, 0.2) is 18.2 Å². The number of hydrogen-bond acceptors (Lipinski definition) is 4. The molecule has 2 rings (SSSR count). The van der Waals surface area contributed by atoms with Gasteiger partial charge in [0.1, 0.15) is 11.4 Å². The highest BCUT2D eigenvalue weighted by Gasteiger charge is 2.33. The highest BCUT2D eigenvalue weighted by atomic mass is 35.5. The van der Waals surface area contributed by atoms with Gasteiger partial charge in [-0.1, -0.05) is 0 Å². The van der Waals surface area contributed by atoms with Crippen LogP contribution >= 0.6 is 11.6 Å². The van der Waals surface area contributed by atoms with E-state index in [0.29, 0.717) is 30.3 Å². The summed E-state index contributed by atoms with van der Waals surface area (Å²) in [5.74, 6) is 0.650. The summed E-state index contributed by atoms with van der Waals surface area (Å²) in [5, 5.41) is 11.1. The Morgan fingerprint density at radius 3 is 2.84 bits per heavy atom. The second kappa shape index (κ2) is 5.44. The van der Waals surface area contributed by atoms with E-state index in [-0.39, 0.29) is 17.5 Å². The molecule has 1 aliphatic heterocycles. The summed E-state index contributed by atoms with van der Waals surface area (Å²) >= 11 is 5.74. The molecule has 1 fully saturated rings. The number of amides is 1. The molecule has 1 unspecified atom stereocenters. The molecule has 7 heteroatoms. The Kier molecular flexibility index (Phi) is 3.90. The van der Waals surface area contributed by atoms with Crippen molar-refractivity contribution in [2.75, 3.05) is 24.4 Å². The lowest BCUT2D eigenvalue weighted by molar-refractivity contribution is -0.384. The molecule has 0 saturated carbocycles. The Hall–Kier alpha value is -1.82. The first-order valence-corrected chi connectivity index (χ1v) is 6.29. The van der Waals surface area contributed by atoms with Gasteiger partial charge in [0, 0.05) is 18.8 Å². The van der Waals surface area contributed by atoms with Gasteiger partial charge >= 0.3 is 0 Å². The standard InChI is InChI=1S/C12H13ClN2O4/c1-19-9-2-3-10(11(5-9)15(17)18)14-7-8(6-13)4-12(14)16/h2-3,5,8H,4,6-7H2,1H3. The van der Waals surface area contributed by atoms with Gasteiger partial charge in [-0.2, -0.15) is 0 Å². The predicted octanol–water partition coefficient (Wildman–Crippen LogP) is 2.20. The molecule has 1 aliphatic rings. The Morgan fingerprint density at radius 1 is 1.58 bits per heavy atom. The van der Waals surface area contributed by atoms with E-state index in [9.17, 15) is 14.9 Å². The highest BCUT2D eigenvalue weighted by molar-refractivity contribution is 6.18. The Bertz CT molecular complexity index is 520. The lowest BCUT2D eigenvalue weighted by Gasteiger charge is -2.16. The molecule has 19 heavy (non-hydrogen) atoms. The number of alkyl halides is 1. The summed E-state index contributed by atoms with van der Waals surface area (Å²) in [4.78, 5) is 23.9. The van der Waals surface area contributed by atoms with E-state index >= 15 is 0 Å². The van der Waals surface area contributed by atoms with Crippen LogP contribution in [0.2, 0.25) is 0 Å². The SMILES string of the molecule is COc1ccc(N2CC(CCl)CC2=O)c([N+](=O)[O-])c1. The van der Waals surface area contributed by atoms with Crippen molar-refractivity contribution in [1.29, 1.82) is 0 Å². The number of benzene rings is 1. The first-order chi connectivity index (χ1) is 9.06. The molecule has 0 aromatic heterocycles. The van der Waals surface area contributed by atoms with E-state index in [2.05, 4.69) is 0 Å². The Morgan fingerprint density at radius 2 is 2.32 bits per heavy atom. The largest absolute Gasteiger partial charge is 0.496 e. The molecule has 1 aromatic carbocycles. The fourth-order valence-electron chi connectivity index (χ4n) is 2.12. The predicted molar refractivity (Wildman–Crippen MR) is 70.8 cm³/mol. The molecule has 1 atom stereocenters. The van der Waals surface area contributed by atoms with E-state index in [1.807, 2.05) is 0 Å². The molecule has 0 aliphatic carbocycles. The first kappa shape index (κ1) is 13.6. The molecule has 102 valence electrons. The topological polar surface area (TPSA) is 72.7 Å². The molecular weight excluding hydrogens is 272 g/mol. The maximum Gasteiger partial charge on any atom is 0.296 e. The van der Waals surface area contributed by atoms with Gasteiger partial charge in [0.05, 0.1) is 18.1 Å². The maximum absolute atomic E-state index is 11.9. The summed E-state index contributed by atoms with van der Waals surface area (Å²) in [6.07, 6.45) is 0.326. The quantitative estimate of drug-likeness (QED) is 0.483. The molecule has 1 amide bonds. The first-order valence-electron chi connectivity index (χ1n) is 5.75. The summed E-state index contributed by atoms with van der Waals surface area (Å²) in [6, 6.07) is 4.45. The van der Waals surface area contributed by atoms with Gasteiger partial charge in [0.2, 0.25) is 5.91 Å². The Labute approximate surface area is 115 Å². The number of halogens is 1. The van der Waals surface area contributed by atoms with Gasteiger partial charge < -0.3 is 9.64 Å². The van der Waals surface area contributed by atoms with Crippen molar-refractivity contribution in [3.05, 3.63) is 28.3 Å². The number of hydrogen-bond donors (Lipinski definition) is 0. The van der Waals surface area contributed by atoms with Crippen LogP contribution in [0.1, 0.15) is 6.42 Å².